The van der Waals surface area contributed by atoms with E-state index >= 15 is 0 Å². The molecule has 0 saturated heterocycles. The lowest BCUT2D eigenvalue weighted by molar-refractivity contribution is 0.127. The number of hydrogen-bond donors (Lipinski definition) is 1. The minimum absolute atomic E-state index is 0.0552. The highest BCUT2D eigenvalue weighted by Gasteiger charge is 2.09. The van der Waals surface area contributed by atoms with Gasteiger partial charge < -0.3 is 15.2 Å². The fourth-order valence-electron chi connectivity index (χ4n) is 1.30. The van der Waals surface area contributed by atoms with Crippen LogP contribution in [0.1, 0.15) is 19.5 Å². The van der Waals surface area contributed by atoms with Crippen LogP contribution < -0.4 is 5.73 Å². The second-order valence-electron chi connectivity index (χ2n) is 3.96. The smallest absolute Gasteiger partial charge is 0.259 e. The molecule has 0 aliphatic heterocycles. The molecule has 0 radical (unpaired) electrons. The van der Waals surface area contributed by atoms with Gasteiger partial charge in [-0.25, -0.2) is 0 Å². The van der Waals surface area contributed by atoms with Crippen molar-refractivity contribution in [3.8, 4) is 0 Å². The van der Waals surface area contributed by atoms with Crippen LogP contribution in [0.3, 0.4) is 0 Å². The predicted molar refractivity (Wildman–Crippen MR) is 75.4 cm³/mol. The Balaban J connectivity index is 3.13. The molecule has 0 amide bonds. The van der Waals surface area contributed by atoms with Gasteiger partial charge in [-0.2, -0.15) is 4.99 Å². The summed E-state index contributed by atoms with van der Waals surface area (Å²) >= 11 is 0. The van der Waals surface area contributed by atoms with E-state index in [1.807, 2.05) is 26.0 Å². The van der Waals surface area contributed by atoms with Gasteiger partial charge in [-0.3, -0.25) is 4.98 Å². The Labute approximate surface area is 113 Å². The lowest BCUT2D eigenvalue weighted by atomic mass is 10.3. The number of aromatic nitrogens is 1. The van der Waals surface area contributed by atoms with E-state index in [9.17, 15) is 0 Å². The van der Waals surface area contributed by atoms with Gasteiger partial charge in [0.15, 0.2) is 11.6 Å². The van der Waals surface area contributed by atoms with Crippen molar-refractivity contribution in [3.05, 3.63) is 54.4 Å². The Kier molecular flexibility index (Phi) is 5.60. The molecule has 1 rings (SSSR count). The molecule has 1 aromatic heterocycles. The molecule has 5 nitrogen and oxygen atoms in total. The van der Waals surface area contributed by atoms with Crippen LogP contribution in [-0.2, 0) is 9.47 Å². The highest BCUT2D eigenvalue weighted by Crippen LogP contribution is 2.13. The molecule has 0 fully saturated rings. The highest BCUT2D eigenvalue weighted by atomic mass is 16.5. The van der Waals surface area contributed by atoms with E-state index < -0.39 is 0 Å². The van der Waals surface area contributed by atoms with Crippen LogP contribution in [-0.4, -0.2) is 24.0 Å². The van der Waals surface area contributed by atoms with E-state index in [0.717, 1.165) is 0 Å². The van der Waals surface area contributed by atoms with Crippen molar-refractivity contribution < 1.29 is 9.47 Å². The zero-order valence-electron chi connectivity index (χ0n) is 11.5. The summed E-state index contributed by atoms with van der Waals surface area (Å²) in [5.41, 5.74) is 6.48. The summed E-state index contributed by atoms with van der Waals surface area (Å²) in [6.45, 7) is 7.43. The number of rotatable bonds is 6. The zero-order chi connectivity index (χ0) is 14.3. The van der Waals surface area contributed by atoms with Crippen molar-refractivity contribution in [1.82, 2.24) is 4.98 Å². The lowest BCUT2D eigenvalue weighted by Crippen LogP contribution is -2.17. The number of nitrogens with zero attached hydrogens (tertiary/aromatic N) is 2. The quantitative estimate of drug-likeness (QED) is 0.369. The summed E-state index contributed by atoms with van der Waals surface area (Å²) in [6.07, 6.45) is 3.11. The molecule has 0 atom stereocenters. The van der Waals surface area contributed by atoms with E-state index in [0.29, 0.717) is 11.5 Å². The summed E-state index contributed by atoms with van der Waals surface area (Å²) in [7, 11) is 1.52. The number of ether oxygens (including phenoxy) is 2. The maximum absolute atomic E-state index is 5.90. The molecule has 0 spiro atoms. The minimum Gasteiger partial charge on any atom is -0.491 e. The van der Waals surface area contributed by atoms with Gasteiger partial charge in [-0.1, -0.05) is 12.6 Å². The summed E-state index contributed by atoms with van der Waals surface area (Å²) in [6, 6.07) is 5.41. The second kappa shape index (κ2) is 7.20. The van der Waals surface area contributed by atoms with Gasteiger partial charge in [0.05, 0.1) is 13.2 Å². The maximum Gasteiger partial charge on any atom is 0.259 e. The molecule has 102 valence electrons. The number of allylic oxidation sites excluding steroid dienone is 1. The summed E-state index contributed by atoms with van der Waals surface area (Å²) in [4.78, 5) is 8.34. The Hall–Kier alpha value is -2.30. The normalized spacial score (nSPS) is 12.9. The Morgan fingerprint density at radius 1 is 1.47 bits per heavy atom. The largest absolute Gasteiger partial charge is 0.491 e. The van der Waals surface area contributed by atoms with Crippen molar-refractivity contribution in [2.45, 2.75) is 20.0 Å². The molecule has 1 aromatic rings. The molecular weight excluding hydrogens is 242 g/mol. The molecule has 0 aliphatic rings. The van der Waals surface area contributed by atoms with Crippen LogP contribution in [0, 0.1) is 0 Å². The van der Waals surface area contributed by atoms with Crippen molar-refractivity contribution in [3.63, 3.8) is 0 Å². The Bertz CT molecular complexity index is 479. The molecular formula is C14H19N3O2. The van der Waals surface area contributed by atoms with Gasteiger partial charge in [0.2, 0.25) is 0 Å². The first-order chi connectivity index (χ1) is 9.08. The monoisotopic (exact) mass is 261 g/mol. The molecule has 0 unspecified atom stereocenters. The van der Waals surface area contributed by atoms with Crippen LogP contribution in [0.25, 0.3) is 0 Å². The number of pyridine rings is 1. The molecule has 0 bridgehead atoms. The first kappa shape index (κ1) is 14.8. The van der Waals surface area contributed by atoms with Crippen LogP contribution in [0.15, 0.2) is 53.7 Å². The van der Waals surface area contributed by atoms with Crippen LogP contribution >= 0.6 is 0 Å². The van der Waals surface area contributed by atoms with Crippen LogP contribution in [0.5, 0.6) is 0 Å². The maximum atomic E-state index is 5.90. The molecule has 1 heterocycles. The van der Waals surface area contributed by atoms with E-state index in [4.69, 9.17) is 15.2 Å². The fourth-order valence-corrected chi connectivity index (χ4v) is 1.30. The van der Waals surface area contributed by atoms with Crippen molar-refractivity contribution in [1.29, 1.82) is 0 Å². The summed E-state index contributed by atoms with van der Waals surface area (Å²) in [5.74, 6) is 0.968. The number of aliphatic imine (C=N–C) groups is 1. The predicted octanol–water partition coefficient (Wildman–Crippen LogP) is 2.21. The molecule has 5 heteroatoms. The van der Waals surface area contributed by atoms with Gasteiger partial charge >= 0.3 is 0 Å². The van der Waals surface area contributed by atoms with Gasteiger partial charge in [-0.05, 0) is 32.1 Å². The number of nitrogens with two attached hydrogens (primary N) is 1. The Morgan fingerprint density at radius 3 is 2.68 bits per heavy atom. The van der Waals surface area contributed by atoms with Gasteiger partial charge in [-0.15, -0.1) is 0 Å². The molecule has 0 aliphatic carbocycles. The second-order valence-corrected chi connectivity index (χ2v) is 3.96. The highest BCUT2D eigenvalue weighted by molar-refractivity contribution is 5.96. The van der Waals surface area contributed by atoms with E-state index in [-0.39, 0.29) is 17.8 Å². The van der Waals surface area contributed by atoms with Gasteiger partial charge in [0.25, 0.3) is 5.88 Å². The number of methoxy groups -OCH3 is 1. The van der Waals surface area contributed by atoms with Crippen molar-refractivity contribution in [2.75, 3.05) is 7.11 Å². The van der Waals surface area contributed by atoms with Crippen LogP contribution in [0.2, 0.25) is 0 Å². The average Bonchev–Trinajstić information content (AvgIpc) is 2.40. The molecule has 2 N–H and O–H groups in total. The first-order valence-electron chi connectivity index (χ1n) is 5.91. The lowest BCUT2D eigenvalue weighted by Gasteiger charge is -2.13. The Morgan fingerprint density at radius 2 is 2.21 bits per heavy atom. The zero-order valence-corrected chi connectivity index (χ0v) is 11.5. The van der Waals surface area contributed by atoms with Gasteiger partial charge in [0, 0.05) is 6.20 Å². The fraction of sp³-hybridized carbons (Fsp3) is 0.286. The van der Waals surface area contributed by atoms with Crippen molar-refractivity contribution in [2.24, 2.45) is 10.7 Å². The minimum atomic E-state index is -0.0552. The van der Waals surface area contributed by atoms with Crippen molar-refractivity contribution >= 4 is 5.84 Å². The number of hydrogen-bond acceptors (Lipinski definition) is 4. The third kappa shape index (κ3) is 4.46. The van der Waals surface area contributed by atoms with Crippen LogP contribution in [0.4, 0.5) is 0 Å². The summed E-state index contributed by atoms with van der Waals surface area (Å²) < 4.78 is 10.7. The molecule has 0 aromatic carbocycles. The first-order valence-corrected chi connectivity index (χ1v) is 5.91. The SMILES string of the molecule is C=C/C(OC)=C(\N=C(N)c1ccccn1)OC(C)C. The molecule has 0 saturated carbocycles. The average molecular weight is 261 g/mol. The van der Waals surface area contributed by atoms with Gasteiger partial charge in [0.1, 0.15) is 5.69 Å². The molecule has 19 heavy (non-hydrogen) atoms. The number of amidine groups is 1. The third-order valence-electron chi connectivity index (χ3n) is 2.11. The van der Waals surface area contributed by atoms with E-state index in [2.05, 4.69) is 16.6 Å². The standard InChI is InChI=1S/C14H19N3O2/c1-5-12(18-4)14(19-10(2)3)17-13(15)11-8-6-7-9-16-11/h5-10H,1H2,2-4H3,(H2,15,17)/b14-12-. The third-order valence-corrected chi connectivity index (χ3v) is 2.11. The van der Waals surface area contributed by atoms with E-state index in [1.165, 1.54) is 13.2 Å². The topological polar surface area (TPSA) is 69.7 Å². The summed E-state index contributed by atoms with van der Waals surface area (Å²) in [5, 5.41) is 0. The van der Waals surface area contributed by atoms with E-state index in [1.54, 1.807) is 12.3 Å².